The molecule has 0 unspecified atom stereocenters. The Kier molecular flexibility index (Phi) is 4.94. The molecule has 2 N–H and O–H groups in total. The Labute approximate surface area is 155 Å². The van der Waals surface area contributed by atoms with Gasteiger partial charge >= 0.3 is 22.5 Å². The highest BCUT2D eigenvalue weighted by molar-refractivity contribution is 5.80. The maximum absolute atomic E-state index is 11.2. The number of para-hydroxylation sites is 2. The van der Waals surface area contributed by atoms with Crippen molar-refractivity contribution in [1.82, 2.24) is 9.97 Å². The van der Waals surface area contributed by atoms with Crippen LogP contribution in [-0.2, 0) is 0 Å². The molecule has 4 rings (SSSR count). The lowest BCUT2D eigenvalue weighted by atomic mass is 10.2. The van der Waals surface area contributed by atoms with Crippen molar-refractivity contribution in [1.29, 1.82) is 0 Å². The highest BCUT2D eigenvalue weighted by Crippen LogP contribution is 2.14. The van der Waals surface area contributed by atoms with Crippen molar-refractivity contribution >= 4 is 33.2 Å². The first-order valence-corrected chi connectivity index (χ1v) is 7.90. The molecular formula is C18H12N4O6. The number of benzene rings is 2. The molecule has 0 spiro atoms. The number of nitrogens with one attached hydrogen (secondary N) is 2. The van der Waals surface area contributed by atoms with Crippen molar-refractivity contribution in [3.63, 3.8) is 0 Å². The largest absolute Gasteiger partial charge is 0.334 e. The fourth-order valence-corrected chi connectivity index (χ4v) is 2.54. The van der Waals surface area contributed by atoms with E-state index in [2.05, 4.69) is 9.97 Å². The summed E-state index contributed by atoms with van der Waals surface area (Å²) in [5, 5.41) is 22.2. The molecule has 0 amide bonds. The molecule has 0 atom stereocenters. The predicted molar refractivity (Wildman–Crippen MR) is 102 cm³/mol. The Morgan fingerprint density at radius 1 is 0.643 bits per heavy atom. The zero-order valence-corrected chi connectivity index (χ0v) is 14.1. The second-order valence-corrected chi connectivity index (χ2v) is 5.66. The maximum atomic E-state index is 11.2. The monoisotopic (exact) mass is 380 g/mol. The highest BCUT2D eigenvalue weighted by Gasteiger charge is 2.13. The van der Waals surface area contributed by atoms with E-state index >= 15 is 0 Å². The first kappa shape index (κ1) is 18.5. The summed E-state index contributed by atoms with van der Waals surface area (Å²) in [7, 11) is 0. The number of hydrogen-bond donors (Lipinski definition) is 2. The molecule has 10 nitrogen and oxygen atoms in total. The minimum atomic E-state index is -0.689. The molecule has 0 aliphatic carbocycles. The highest BCUT2D eigenvalue weighted by atomic mass is 16.6. The van der Waals surface area contributed by atoms with Crippen LogP contribution in [0, 0.1) is 20.2 Å². The summed E-state index contributed by atoms with van der Waals surface area (Å²) in [6.45, 7) is 0. The van der Waals surface area contributed by atoms with E-state index in [1.807, 2.05) is 0 Å². The number of fused-ring (bicyclic) bond motifs is 2. The van der Waals surface area contributed by atoms with Gasteiger partial charge in [-0.3, -0.25) is 29.8 Å². The van der Waals surface area contributed by atoms with Crippen molar-refractivity contribution in [2.75, 3.05) is 0 Å². The summed E-state index contributed by atoms with van der Waals surface area (Å²) in [6, 6.07) is 16.4. The van der Waals surface area contributed by atoms with Crippen LogP contribution in [0.3, 0.4) is 0 Å². The molecule has 10 heteroatoms. The van der Waals surface area contributed by atoms with Crippen LogP contribution in [0.15, 0.2) is 70.3 Å². The number of H-pyrrole nitrogens is 2. The molecule has 140 valence electrons. The molecule has 0 fully saturated rings. The van der Waals surface area contributed by atoms with Crippen molar-refractivity contribution in [2.45, 2.75) is 0 Å². The summed E-state index contributed by atoms with van der Waals surface area (Å²) in [5.41, 5.74) is -0.999. The molecule has 2 heterocycles. The Morgan fingerprint density at radius 2 is 1.00 bits per heavy atom. The number of rotatable bonds is 2. The van der Waals surface area contributed by atoms with Crippen LogP contribution in [0.2, 0.25) is 0 Å². The first-order valence-electron chi connectivity index (χ1n) is 7.90. The lowest BCUT2D eigenvalue weighted by Gasteiger charge is -1.95. The van der Waals surface area contributed by atoms with Gasteiger partial charge in [-0.2, -0.15) is 0 Å². The van der Waals surface area contributed by atoms with E-state index in [9.17, 15) is 29.8 Å². The Balaban J connectivity index is 0.000000161. The zero-order chi connectivity index (χ0) is 20.3. The fourth-order valence-electron chi connectivity index (χ4n) is 2.54. The van der Waals surface area contributed by atoms with Crippen LogP contribution >= 0.6 is 0 Å². The number of hydrogen-bond acceptors (Lipinski definition) is 6. The Hall–Kier alpha value is -4.34. The van der Waals surface area contributed by atoms with E-state index in [0.717, 1.165) is 0 Å². The average Bonchev–Trinajstić information content (AvgIpc) is 2.67. The SMILES string of the molecule is O=c1[nH]c2ccccc2cc1[N+](=O)[O-].O=c1[nH]c2ccccc2cc1[N+](=O)[O-]. The summed E-state index contributed by atoms with van der Waals surface area (Å²) in [6.07, 6.45) is 0. The quantitative estimate of drug-likeness (QED) is 0.403. The third kappa shape index (κ3) is 3.75. The smallest absolute Gasteiger partial charge is 0.316 e. The standard InChI is InChI=1S/2C9H6N2O3/c2*12-9-8(11(13)14)5-6-3-1-2-4-7(6)10-9/h2*1-5H,(H,10,12). The molecule has 0 aliphatic rings. The van der Waals surface area contributed by atoms with Crippen LogP contribution in [0.4, 0.5) is 11.4 Å². The molecule has 0 bridgehead atoms. The zero-order valence-electron chi connectivity index (χ0n) is 14.1. The molecule has 2 aromatic carbocycles. The molecular weight excluding hydrogens is 368 g/mol. The Bertz CT molecular complexity index is 1220. The predicted octanol–water partition coefficient (Wildman–Crippen LogP) is 2.87. The number of aromatic nitrogens is 2. The van der Waals surface area contributed by atoms with Crippen LogP contribution in [-0.4, -0.2) is 19.8 Å². The molecule has 28 heavy (non-hydrogen) atoms. The van der Waals surface area contributed by atoms with E-state index in [4.69, 9.17) is 0 Å². The van der Waals surface area contributed by atoms with Gasteiger partial charge in [-0.15, -0.1) is 0 Å². The van der Waals surface area contributed by atoms with E-state index in [1.54, 1.807) is 48.5 Å². The molecule has 4 aromatic rings. The summed E-state index contributed by atoms with van der Waals surface area (Å²) >= 11 is 0. The summed E-state index contributed by atoms with van der Waals surface area (Å²) in [5.74, 6) is 0. The van der Waals surface area contributed by atoms with Gasteiger partial charge in [0, 0.05) is 33.9 Å². The van der Waals surface area contributed by atoms with Crippen LogP contribution < -0.4 is 11.1 Å². The fraction of sp³-hybridized carbons (Fsp3) is 0. The molecule has 0 saturated carbocycles. The van der Waals surface area contributed by atoms with Crippen molar-refractivity contribution in [3.05, 3.63) is 102 Å². The van der Waals surface area contributed by atoms with Gasteiger partial charge in [0.15, 0.2) is 0 Å². The third-order valence-electron chi connectivity index (χ3n) is 3.86. The molecule has 0 saturated heterocycles. The van der Waals surface area contributed by atoms with E-state index in [1.165, 1.54) is 12.1 Å². The van der Waals surface area contributed by atoms with E-state index in [-0.39, 0.29) is 0 Å². The lowest BCUT2D eigenvalue weighted by molar-refractivity contribution is -0.386. The van der Waals surface area contributed by atoms with Gasteiger partial charge in [-0.25, -0.2) is 0 Å². The minimum absolute atomic E-state index is 0.427. The molecule has 0 aliphatic heterocycles. The maximum Gasteiger partial charge on any atom is 0.334 e. The lowest BCUT2D eigenvalue weighted by Crippen LogP contribution is -2.10. The second kappa shape index (κ2) is 7.50. The Morgan fingerprint density at radius 3 is 1.36 bits per heavy atom. The van der Waals surface area contributed by atoms with Gasteiger partial charge < -0.3 is 9.97 Å². The third-order valence-corrected chi connectivity index (χ3v) is 3.86. The van der Waals surface area contributed by atoms with Crippen molar-refractivity contribution in [2.24, 2.45) is 0 Å². The van der Waals surface area contributed by atoms with Gasteiger partial charge in [-0.05, 0) is 12.1 Å². The van der Waals surface area contributed by atoms with Gasteiger partial charge in [0.25, 0.3) is 0 Å². The van der Waals surface area contributed by atoms with Gasteiger partial charge in [-0.1, -0.05) is 36.4 Å². The van der Waals surface area contributed by atoms with Gasteiger partial charge in [0.05, 0.1) is 9.85 Å². The first-order chi connectivity index (χ1) is 13.4. The normalized spacial score (nSPS) is 10.3. The van der Waals surface area contributed by atoms with Gasteiger partial charge in [0.1, 0.15) is 0 Å². The van der Waals surface area contributed by atoms with Crippen LogP contribution in [0.25, 0.3) is 21.8 Å². The average molecular weight is 380 g/mol. The van der Waals surface area contributed by atoms with Crippen molar-refractivity contribution < 1.29 is 9.85 Å². The summed E-state index contributed by atoms with van der Waals surface area (Å²) < 4.78 is 0. The van der Waals surface area contributed by atoms with Crippen molar-refractivity contribution in [3.8, 4) is 0 Å². The number of nitro groups is 2. The second-order valence-electron chi connectivity index (χ2n) is 5.66. The number of pyridine rings is 2. The molecule has 0 radical (unpaired) electrons. The van der Waals surface area contributed by atoms with E-state index < -0.39 is 32.3 Å². The topological polar surface area (TPSA) is 152 Å². The summed E-state index contributed by atoms with van der Waals surface area (Å²) in [4.78, 5) is 46.8. The minimum Gasteiger partial charge on any atom is -0.316 e. The van der Waals surface area contributed by atoms with Crippen LogP contribution in [0.1, 0.15) is 0 Å². The van der Waals surface area contributed by atoms with E-state index in [0.29, 0.717) is 21.8 Å². The number of nitrogens with zero attached hydrogens (tertiary/aromatic N) is 2. The molecule has 2 aromatic heterocycles. The van der Waals surface area contributed by atoms with Gasteiger partial charge in [0.2, 0.25) is 0 Å². The number of aromatic amines is 2. The van der Waals surface area contributed by atoms with Crippen LogP contribution in [0.5, 0.6) is 0 Å².